The number of ether oxygens (including phenoxy) is 1. The molecule has 0 fully saturated rings. The van der Waals surface area contributed by atoms with E-state index in [2.05, 4.69) is 25.7 Å². The second-order valence-corrected chi connectivity index (χ2v) is 6.22. The lowest BCUT2D eigenvalue weighted by Gasteiger charge is -2.08. The molecule has 1 aromatic carbocycles. The zero-order chi connectivity index (χ0) is 20.8. The summed E-state index contributed by atoms with van der Waals surface area (Å²) in [4.78, 5) is 12.3. The van der Waals surface area contributed by atoms with Crippen molar-refractivity contribution >= 4 is 11.7 Å². The van der Waals surface area contributed by atoms with Crippen molar-refractivity contribution in [3.05, 3.63) is 59.2 Å². The van der Waals surface area contributed by atoms with Gasteiger partial charge >= 0.3 is 0 Å². The van der Waals surface area contributed by atoms with Gasteiger partial charge in [-0.3, -0.25) is 9.89 Å². The van der Waals surface area contributed by atoms with Gasteiger partial charge in [0.05, 0.1) is 24.7 Å². The highest BCUT2D eigenvalue weighted by Crippen LogP contribution is 2.27. The fourth-order valence-corrected chi connectivity index (χ4v) is 2.80. The van der Waals surface area contributed by atoms with Crippen molar-refractivity contribution in [1.82, 2.24) is 20.4 Å². The van der Waals surface area contributed by atoms with E-state index in [1.807, 2.05) is 0 Å². The highest BCUT2D eigenvalue weighted by molar-refractivity contribution is 5.91. The van der Waals surface area contributed by atoms with Crippen LogP contribution >= 0.6 is 0 Å². The number of methoxy groups -OCH3 is 1. The van der Waals surface area contributed by atoms with Gasteiger partial charge in [0.25, 0.3) is 0 Å². The topological polar surface area (TPSA) is 92.8 Å². The summed E-state index contributed by atoms with van der Waals surface area (Å²) in [6.45, 7) is 0.405. The van der Waals surface area contributed by atoms with Gasteiger partial charge in [0.1, 0.15) is 0 Å². The Morgan fingerprint density at radius 1 is 1.17 bits per heavy atom. The van der Waals surface area contributed by atoms with E-state index in [9.17, 15) is 18.0 Å². The molecule has 2 aromatic heterocycles. The zero-order valence-electron chi connectivity index (χ0n) is 15.5. The number of nitrogens with one attached hydrogen (secondary N) is 2. The Kier molecular flexibility index (Phi) is 6.55. The lowest BCUT2D eigenvalue weighted by atomic mass is 10.1. The van der Waals surface area contributed by atoms with Crippen LogP contribution in [0.4, 0.5) is 19.0 Å². The third-order valence-corrected chi connectivity index (χ3v) is 4.24. The number of hydrogen-bond donors (Lipinski definition) is 2. The molecular weight excluding hydrogens is 387 g/mol. The lowest BCUT2D eigenvalue weighted by molar-refractivity contribution is -0.116. The summed E-state index contributed by atoms with van der Waals surface area (Å²) in [6, 6.07) is 3.50. The van der Waals surface area contributed by atoms with Crippen molar-refractivity contribution in [3.63, 3.8) is 0 Å². The summed E-state index contributed by atoms with van der Waals surface area (Å²) < 4.78 is 44.7. The van der Waals surface area contributed by atoms with Crippen LogP contribution in [0.2, 0.25) is 0 Å². The Balaban J connectivity index is 1.72. The normalized spacial score (nSPS) is 10.9. The van der Waals surface area contributed by atoms with Crippen molar-refractivity contribution < 1.29 is 22.7 Å². The molecule has 0 saturated heterocycles. The molecule has 2 heterocycles. The second kappa shape index (κ2) is 9.28. The average Bonchev–Trinajstić information content (AvgIpc) is 3.11. The molecule has 0 radical (unpaired) electrons. The summed E-state index contributed by atoms with van der Waals surface area (Å²) in [6.07, 6.45) is 3.56. The summed E-state index contributed by atoms with van der Waals surface area (Å²) >= 11 is 0. The van der Waals surface area contributed by atoms with Gasteiger partial charge in [-0.2, -0.15) is 15.3 Å². The summed E-state index contributed by atoms with van der Waals surface area (Å²) in [7, 11) is 1.56. The Hall–Kier alpha value is -3.27. The monoisotopic (exact) mass is 405 g/mol. The van der Waals surface area contributed by atoms with Crippen LogP contribution in [0.5, 0.6) is 0 Å². The van der Waals surface area contributed by atoms with Crippen molar-refractivity contribution in [3.8, 4) is 11.3 Å². The van der Waals surface area contributed by atoms with Crippen LogP contribution in [0.15, 0.2) is 30.6 Å². The Morgan fingerprint density at radius 2 is 1.93 bits per heavy atom. The zero-order valence-corrected chi connectivity index (χ0v) is 15.5. The summed E-state index contributed by atoms with van der Waals surface area (Å²) in [5, 5.41) is 17.3. The third kappa shape index (κ3) is 4.96. The van der Waals surface area contributed by atoms with E-state index < -0.39 is 23.4 Å². The first-order chi connectivity index (χ1) is 14.0. The van der Waals surface area contributed by atoms with Crippen LogP contribution in [0.3, 0.4) is 0 Å². The van der Waals surface area contributed by atoms with Crippen LogP contribution in [-0.2, 0) is 22.4 Å². The molecule has 1 amide bonds. The number of carbonyl (C=O) groups excluding carboxylic acids is 1. The number of halogens is 3. The first-order valence-corrected chi connectivity index (χ1v) is 8.76. The molecule has 0 unspecified atom stereocenters. The van der Waals surface area contributed by atoms with E-state index in [0.717, 1.165) is 23.3 Å². The van der Waals surface area contributed by atoms with Crippen LogP contribution in [0, 0.1) is 17.5 Å². The van der Waals surface area contributed by atoms with Crippen LogP contribution < -0.4 is 5.32 Å². The molecular formula is C19H18F3N5O2. The SMILES string of the molecule is COCCc1c(NC(=O)CCc2cc(F)c(F)c(F)c2)n[nH]c1-c1ccnnc1. The molecule has 3 rings (SSSR count). The van der Waals surface area contributed by atoms with Gasteiger partial charge in [0.15, 0.2) is 23.3 Å². The maximum absolute atomic E-state index is 13.3. The quantitative estimate of drug-likeness (QED) is 0.562. The highest BCUT2D eigenvalue weighted by atomic mass is 19.2. The van der Waals surface area contributed by atoms with E-state index in [1.165, 1.54) is 6.20 Å². The molecule has 0 saturated carbocycles. The minimum atomic E-state index is -1.53. The number of amides is 1. The Bertz CT molecular complexity index is 972. The van der Waals surface area contributed by atoms with Crippen LogP contribution in [0.25, 0.3) is 11.3 Å². The number of nitrogens with zero attached hydrogens (tertiary/aromatic N) is 3. The van der Waals surface area contributed by atoms with Crippen LogP contribution in [-0.4, -0.2) is 40.0 Å². The molecule has 2 N–H and O–H groups in total. The molecule has 7 nitrogen and oxygen atoms in total. The maximum Gasteiger partial charge on any atom is 0.225 e. The lowest BCUT2D eigenvalue weighted by Crippen LogP contribution is -2.14. The van der Waals surface area contributed by atoms with E-state index in [-0.39, 0.29) is 18.4 Å². The second-order valence-electron chi connectivity index (χ2n) is 6.22. The van der Waals surface area contributed by atoms with Gasteiger partial charge in [0, 0.05) is 31.1 Å². The van der Waals surface area contributed by atoms with E-state index in [1.54, 1.807) is 19.4 Å². The number of anilines is 1. The third-order valence-electron chi connectivity index (χ3n) is 4.24. The smallest absolute Gasteiger partial charge is 0.225 e. The molecule has 3 aromatic rings. The fraction of sp³-hybridized carbons (Fsp3) is 0.263. The largest absolute Gasteiger partial charge is 0.384 e. The number of hydrogen-bond acceptors (Lipinski definition) is 5. The van der Waals surface area contributed by atoms with E-state index in [4.69, 9.17) is 4.74 Å². The predicted octanol–water partition coefficient (Wildman–Crippen LogP) is 3.04. The van der Waals surface area contributed by atoms with E-state index >= 15 is 0 Å². The van der Waals surface area contributed by atoms with Crippen molar-refractivity contribution in [2.75, 3.05) is 19.0 Å². The highest BCUT2D eigenvalue weighted by Gasteiger charge is 2.17. The predicted molar refractivity (Wildman–Crippen MR) is 98.5 cm³/mol. The van der Waals surface area contributed by atoms with Crippen molar-refractivity contribution in [2.24, 2.45) is 0 Å². The molecule has 0 aliphatic heterocycles. The molecule has 0 bridgehead atoms. The Labute approximate surface area is 164 Å². The fourth-order valence-electron chi connectivity index (χ4n) is 2.80. The number of aryl methyl sites for hydroxylation is 1. The van der Waals surface area contributed by atoms with Gasteiger partial charge < -0.3 is 10.1 Å². The van der Waals surface area contributed by atoms with Gasteiger partial charge in [-0.1, -0.05) is 0 Å². The molecule has 29 heavy (non-hydrogen) atoms. The minimum Gasteiger partial charge on any atom is -0.384 e. The molecule has 0 aliphatic rings. The van der Waals surface area contributed by atoms with Gasteiger partial charge in [-0.25, -0.2) is 13.2 Å². The number of H-pyrrole nitrogens is 1. The number of rotatable bonds is 8. The van der Waals surface area contributed by atoms with Crippen molar-refractivity contribution in [1.29, 1.82) is 0 Å². The number of aromatic nitrogens is 4. The molecule has 0 spiro atoms. The van der Waals surface area contributed by atoms with Gasteiger partial charge in [0.2, 0.25) is 5.91 Å². The van der Waals surface area contributed by atoms with E-state index in [0.29, 0.717) is 24.5 Å². The molecule has 0 atom stereocenters. The number of benzene rings is 1. The first kappa shape index (κ1) is 20.5. The van der Waals surface area contributed by atoms with Gasteiger partial charge in [-0.15, -0.1) is 0 Å². The summed E-state index contributed by atoms with van der Waals surface area (Å²) in [5.74, 6) is -4.18. The first-order valence-electron chi connectivity index (χ1n) is 8.76. The van der Waals surface area contributed by atoms with Gasteiger partial charge in [-0.05, 0) is 30.2 Å². The minimum absolute atomic E-state index is 0.0406. The number of carbonyl (C=O) groups is 1. The molecule has 152 valence electrons. The maximum atomic E-state index is 13.3. The molecule has 10 heteroatoms. The average molecular weight is 405 g/mol. The Morgan fingerprint density at radius 3 is 2.59 bits per heavy atom. The number of aromatic amines is 1. The molecule has 0 aliphatic carbocycles. The van der Waals surface area contributed by atoms with Crippen LogP contribution in [0.1, 0.15) is 17.5 Å². The summed E-state index contributed by atoms with van der Waals surface area (Å²) in [5.41, 5.74) is 2.33. The van der Waals surface area contributed by atoms with Crippen molar-refractivity contribution in [2.45, 2.75) is 19.3 Å². The standard InChI is InChI=1S/C19H18F3N5O2/c1-29-7-5-13-18(12-4-6-23-24-10-12)26-27-19(13)25-16(28)3-2-11-8-14(20)17(22)15(21)9-11/h4,6,8-10H,2-3,5,7H2,1H3,(H2,25,26,27,28).